The summed E-state index contributed by atoms with van der Waals surface area (Å²) in [6.07, 6.45) is 0. The minimum atomic E-state index is -0.101. The standard InChI is InChI=1S/C53H45BN2S/c1-51(2,3)30-17-20-32(21-18-30)56-46-28-37-33-13-9-11-15-41(33)53(7,8)42(37)27-39(46)35-22-23-36-38-26-40-34-14-10-12-16-47(34)57-48(40)29-45(38)55-44-24-19-31(52(4,5)6)25-43(44)54(56)49(35)50(36)55/h9-29H,1-8H3. The van der Waals surface area contributed by atoms with Crippen LogP contribution >= 0.6 is 11.3 Å². The minimum Gasteiger partial charge on any atom is -0.376 e. The van der Waals surface area contributed by atoms with Gasteiger partial charge in [-0.25, -0.2) is 0 Å². The molecule has 57 heavy (non-hydrogen) atoms. The lowest BCUT2D eigenvalue weighted by atomic mass is 9.43. The molecule has 0 N–H and O–H groups in total. The maximum Gasteiger partial charge on any atom is 0.333 e. The summed E-state index contributed by atoms with van der Waals surface area (Å²) in [7, 11) is 0. The Morgan fingerprint density at radius 2 is 1.26 bits per heavy atom. The van der Waals surface area contributed by atoms with Crippen molar-refractivity contribution in [2.24, 2.45) is 0 Å². The van der Waals surface area contributed by atoms with Gasteiger partial charge in [0.05, 0.1) is 11.0 Å². The second-order valence-corrected chi connectivity index (χ2v) is 20.5. The Hall–Kier alpha value is -5.58. The molecule has 0 atom stereocenters. The van der Waals surface area contributed by atoms with Crippen molar-refractivity contribution < 1.29 is 0 Å². The zero-order valence-electron chi connectivity index (χ0n) is 34.0. The number of nitrogens with zero attached hydrogens (tertiary/aromatic N) is 2. The van der Waals surface area contributed by atoms with Crippen LogP contribution < -0.4 is 15.7 Å². The van der Waals surface area contributed by atoms with Crippen LogP contribution in [0.2, 0.25) is 0 Å². The van der Waals surface area contributed by atoms with Crippen LogP contribution in [0.5, 0.6) is 0 Å². The molecular weight excluding hydrogens is 707 g/mol. The lowest BCUT2D eigenvalue weighted by Gasteiger charge is -2.43. The monoisotopic (exact) mass is 752 g/mol. The van der Waals surface area contributed by atoms with E-state index in [1.165, 1.54) is 114 Å². The number of hydrogen-bond acceptors (Lipinski definition) is 2. The molecule has 3 aliphatic rings. The summed E-state index contributed by atoms with van der Waals surface area (Å²) in [4.78, 5) is 2.70. The normalized spacial score (nSPS) is 15.1. The van der Waals surface area contributed by atoms with E-state index in [2.05, 4.69) is 192 Å². The third-order valence-corrected chi connectivity index (χ3v) is 14.8. The molecule has 2 aliphatic heterocycles. The highest BCUT2D eigenvalue weighted by molar-refractivity contribution is 7.25. The van der Waals surface area contributed by atoms with E-state index in [1.807, 2.05) is 11.3 Å². The lowest BCUT2D eigenvalue weighted by molar-refractivity contribution is 0.590. The zero-order chi connectivity index (χ0) is 38.9. The molecule has 2 nitrogen and oxygen atoms in total. The predicted molar refractivity (Wildman–Crippen MR) is 248 cm³/mol. The van der Waals surface area contributed by atoms with Crippen LogP contribution in [0.4, 0.5) is 11.4 Å². The molecule has 0 bridgehead atoms. The smallest absolute Gasteiger partial charge is 0.333 e. The highest BCUT2D eigenvalue weighted by atomic mass is 32.1. The third kappa shape index (κ3) is 4.37. The van der Waals surface area contributed by atoms with Gasteiger partial charge in [-0.1, -0.05) is 134 Å². The average molecular weight is 753 g/mol. The number of hydrogen-bond donors (Lipinski definition) is 0. The number of benzene rings is 7. The Balaban J connectivity index is 1.24. The van der Waals surface area contributed by atoms with Gasteiger partial charge in [0.25, 0.3) is 0 Å². The average Bonchev–Trinajstić information content (AvgIpc) is 3.80. The maximum atomic E-state index is 2.70. The van der Waals surface area contributed by atoms with Crippen LogP contribution in [-0.4, -0.2) is 11.4 Å². The molecule has 0 amide bonds. The van der Waals surface area contributed by atoms with E-state index in [0.717, 1.165) is 0 Å². The van der Waals surface area contributed by atoms with E-state index in [0.29, 0.717) is 0 Å². The van der Waals surface area contributed by atoms with Gasteiger partial charge in [0.15, 0.2) is 0 Å². The Kier molecular flexibility index (Phi) is 6.40. The summed E-state index contributed by atoms with van der Waals surface area (Å²) in [5.41, 5.74) is 20.1. The van der Waals surface area contributed by atoms with Crippen LogP contribution in [0.3, 0.4) is 0 Å². The molecule has 276 valence electrons. The first-order chi connectivity index (χ1) is 27.3. The Morgan fingerprint density at radius 1 is 0.526 bits per heavy atom. The lowest BCUT2D eigenvalue weighted by Crippen LogP contribution is -2.60. The number of thiophene rings is 1. The summed E-state index contributed by atoms with van der Waals surface area (Å²) < 4.78 is 5.32. The van der Waals surface area contributed by atoms with Crippen molar-refractivity contribution in [2.75, 3.05) is 4.81 Å². The topological polar surface area (TPSA) is 8.17 Å². The first-order valence-corrected chi connectivity index (χ1v) is 21.4. The summed E-state index contributed by atoms with van der Waals surface area (Å²) in [6.45, 7) is 18.8. The van der Waals surface area contributed by atoms with Crippen molar-refractivity contribution in [3.63, 3.8) is 0 Å². The number of fused-ring (bicyclic) bond motifs is 14. The zero-order valence-corrected chi connectivity index (χ0v) is 34.8. The van der Waals surface area contributed by atoms with Crippen LogP contribution in [0.1, 0.15) is 77.6 Å². The van der Waals surface area contributed by atoms with Crippen molar-refractivity contribution >= 4 is 82.5 Å². The van der Waals surface area contributed by atoms with E-state index < -0.39 is 0 Å². The summed E-state index contributed by atoms with van der Waals surface area (Å²) in [6, 6.07) is 49.8. The first-order valence-electron chi connectivity index (χ1n) is 20.5. The van der Waals surface area contributed by atoms with Gasteiger partial charge in [0, 0.05) is 59.0 Å². The molecule has 1 aliphatic carbocycles. The second kappa shape index (κ2) is 10.9. The summed E-state index contributed by atoms with van der Waals surface area (Å²) in [5, 5.41) is 5.35. The molecule has 0 spiro atoms. The van der Waals surface area contributed by atoms with Gasteiger partial charge in [0.2, 0.25) is 0 Å². The minimum absolute atomic E-state index is 0.00593. The largest absolute Gasteiger partial charge is 0.376 e. The van der Waals surface area contributed by atoms with Crippen molar-refractivity contribution in [3.05, 3.63) is 150 Å². The fourth-order valence-electron chi connectivity index (χ4n) is 10.7. The van der Waals surface area contributed by atoms with E-state index in [1.54, 1.807) is 0 Å². The van der Waals surface area contributed by atoms with Gasteiger partial charge < -0.3 is 9.38 Å². The molecule has 12 rings (SSSR count). The third-order valence-electron chi connectivity index (χ3n) is 13.7. The first kappa shape index (κ1) is 33.6. The van der Waals surface area contributed by atoms with Crippen molar-refractivity contribution in [1.29, 1.82) is 0 Å². The van der Waals surface area contributed by atoms with Gasteiger partial charge >= 0.3 is 6.85 Å². The molecule has 2 aromatic heterocycles. The molecule has 0 radical (unpaired) electrons. The molecule has 9 aromatic rings. The van der Waals surface area contributed by atoms with Crippen LogP contribution in [0, 0.1) is 0 Å². The van der Waals surface area contributed by atoms with Gasteiger partial charge in [-0.3, -0.25) is 0 Å². The highest BCUT2D eigenvalue weighted by Crippen LogP contribution is 2.54. The van der Waals surface area contributed by atoms with Crippen molar-refractivity contribution in [2.45, 2.75) is 71.6 Å². The molecule has 0 saturated heterocycles. The Morgan fingerprint density at radius 3 is 2.05 bits per heavy atom. The van der Waals surface area contributed by atoms with Gasteiger partial charge in [-0.15, -0.1) is 11.3 Å². The van der Waals surface area contributed by atoms with E-state index >= 15 is 0 Å². The van der Waals surface area contributed by atoms with Crippen molar-refractivity contribution in [1.82, 2.24) is 4.57 Å². The van der Waals surface area contributed by atoms with E-state index in [9.17, 15) is 0 Å². The molecule has 0 unspecified atom stereocenters. The van der Waals surface area contributed by atoms with E-state index in [-0.39, 0.29) is 23.1 Å². The molecule has 0 fully saturated rings. The van der Waals surface area contributed by atoms with E-state index in [4.69, 9.17) is 0 Å². The SMILES string of the molecule is CC(C)(C)c1ccc(N2B3c4cc(C(C)(C)C)ccc4-n4c5cc6sc7ccccc7c6cc5c5ccc(c3c54)-c3cc4c(cc32)-c2ccccc2C4(C)C)cc1. The molecular formula is C53H45BN2S. The Labute approximate surface area is 339 Å². The predicted octanol–water partition coefficient (Wildman–Crippen LogP) is 13.3. The summed E-state index contributed by atoms with van der Waals surface area (Å²) in [5.74, 6) is 0. The second-order valence-electron chi connectivity index (χ2n) is 19.4. The van der Waals surface area contributed by atoms with Crippen LogP contribution in [-0.2, 0) is 16.2 Å². The van der Waals surface area contributed by atoms with Crippen LogP contribution in [0.25, 0.3) is 69.9 Å². The molecule has 0 saturated carbocycles. The number of aromatic nitrogens is 1. The maximum absolute atomic E-state index is 2.70. The molecule has 7 aromatic carbocycles. The number of anilines is 2. The quantitative estimate of drug-likeness (QED) is 0.152. The van der Waals surface area contributed by atoms with Gasteiger partial charge in [-0.2, -0.15) is 0 Å². The summed E-state index contributed by atoms with van der Waals surface area (Å²) >= 11 is 1.91. The fourth-order valence-corrected chi connectivity index (χ4v) is 11.8. The molecule has 4 heteroatoms. The number of rotatable bonds is 1. The highest BCUT2D eigenvalue weighted by Gasteiger charge is 2.46. The van der Waals surface area contributed by atoms with Crippen LogP contribution in [0.15, 0.2) is 127 Å². The van der Waals surface area contributed by atoms with Gasteiger partial charge in [-0.05, 0) is 109 Å². The fraction of sp³-hybridized carbons (Fsp3) is 0.208. The molecule has 4 heterocycles. The Bertz CT molecular complexity index is 3230. The van der Waals surface area contributed by atoms with Gasteiger partial charge in [0.1, 0.15) is 0 Å². The van der Waals surface area contributed by atoms with Crippen molar-refractivity contribution in [3.8, 4) is 27.9 Å².